The molecule has 0 aromatic carbocycles. The van der Waals surface area contributed by atoms with Crippen LogP contribution in [0.2, 0.25) is 0 Å². The second kappa shape index (κ2) is 6.49. The van der Waals surface area contributed by atoms with Crippen molar-refractivity contribution in [3.8, 4) is 0 Å². The molecule has 1 aliphatic carbocycles. The van der Waals surface area contributed by atoms with E-state index in [-0.39, 0.29) is 0 Å². The van der Waals surface area contributed by atoms with Gasteiger partial charge in [-0.15, -0.1) is 0 Å². The second-order valence-corrected chi connectivity index (χ2v) is 5.13. The largest absolute Gasteiger partial charge is 0.377 e. The Morgan fingerprint density at radius 1 is 1.00 bits per heavy atom. The number of piperidine rings is 1. The summed E-state index contributed by atoms with van der Waals surface area (Å²) in [6, 6.07) is 0. The first kappa shape index (κ1) is 11.4. The summed E-state index contributed by atoms with van der Waals surface area (Å²) in [6.45, 7) is 3.25. The lowest BCUT2D eigenvalue weighted by molar-refractivity contribution is 0.0271. The lowest BCUT2D eigenvalue weighted by Gasteiger charge is -2.25. The molecule has 2 rings (SSSR count). The van der Waals surface area contributed by atoms with E-state index < -0.39 is 0 Å². The molecule has 0 aromatic rings. The van der Waals surface area contributed by atoms with E-state index in [1.54, 1.807) is 0 Å². The molecule has 0 aromatic heterocycles. The smallest absolute Gasteiger partial charge is 0.0699 e. The summed E-state index contributed by atoms with van der Waals surface area (Å²) in [5.41, 5.74) is 0. The Kier molecular flexibility index (Phi) is 4.94. The van der Waals surface area contributed by atoms with Gasteiger partial charge in [-0.05, 0) is 31.7 Å². The van der Waals surface area contributed by atoms with Crippen molar-refractivity contribution < 1.29 is 4.74 Å². The fourth-order valence-corrected chi connectivity index (χ4v) is 2.84. The van der Waals surface area contributed by atoms with Gasteiger partial charge in [-0.1, -0.05) is 32.1 Å². The van der Waals surface area contributed by atoms with Crippen LogP contribution in [-0.4, -0.2) is 25.8 Å². The number of rotatable bonds is 4. The SMILES string of the molecule is C1CCC(CCO[C@@H]2CCCNC2)CC1. The molecule has 2 fully saturated rings. The first-order valence-electron chi connectivity index (χ1n) is 6.77. The maximum atomic E-state index is 5.92. The molecule has 1 N–H and O–H groups in total. The van der Waals surface area contributed by atoms with Crippen molar-refractivity contribution in [2.75, 3.05) is 19.7 Å². The molecule has 0 unspecified atom stereocenters. The van der Waals surface area contributed by atoms with Crippen LogP contribution in [-0.2, 0) is 4.74 Å². The summed E-state index contributed by atoms with van der Waals surface area (Å²) in [5, 5.41) is 3.40. The molecule has 0 spiro atoms. The van der Waals surface area contributed by atoms with Crippen LogP contribution >= 0.6 is 0 Å². The molecule has 15 heavy (non-hydrogen) atoms. The van der Waals surface area contributed by atoms with E-state index in [1.165, 1.54) is 57.9 Å². The molecule has 1 heterocycles. The van der Waals surface area contributed by atoms with E-state index >= 15 is 0 Å². The Hall–Kier alpha value is -0.0800. The van der Waals surface area contributed by atoms with Gasteiger partial charge in [0.05, 0.1) is 6.10 Å². The molecule has 0 amide bonds. The summed E-state index contributed by atoms with van der Waals surface area (Å²) in [6.07, 6.45) is 11.6. The lowest BCUT2D eigenvalue weighted by atomic mass is 9.87. The molecule has 0 bridgehead atoms. The van der Waals surface area contributed by atoms with Crippen LogP contribution in [0.15, 0.2) is 0 Å². The van der Waals surface area contributed by atoms with Gasteiger partial charge in [-0.3, -0.25) is 0 Å². The average Bonchev–Trinajstić information content (AvgIpc) is 2.32. The van der Waals surface area contributed by atoms with E-state index in [2.05, 4.69) is 5.32 Å². The van der Waals surface area contributed by atoms with Gasteiger partial charge in [0.15, 0.2) is 0 Å². The first-order chi connectivity index (χ1) is 7.45. The third kappa shape index (κ3) is 4.12. The summed E-state index contributed by atoms with van der Waals surface area (Å²) in [5.74, 6) is 0.968. The van der Waals surface area contributed by atoms with Crippen LogP contribution in [0.4, 0.5) is 0 Å². The first-order valence-corrected chi connectivity index (χ1v) is 6.77. The summed E-state index contributed by atoms with van der Waals surface area (Å²) < 4.78 is 5.92. The van der Waals surface area contributed by atoms with Gasteiger partial charge in [0, 0.05) is 13.2 Å². The van der Waals surface area contributed by atoms with Crippen LogP contribution in [0.1, 0.15) is 51.4 Å². The summed E-state index contributed by atoms with van der Waals surface area (Å²) in [4.78, 5) is 0. The predicted molar refractivity (Wildman–Crippen MR) is 63.0 cm³/mol. The predicted octanol–water partition coefficient (Wildman–Crippen LogP) is 2.73. The van der Waals surface area contributed by atoms with Gasteiger partial charge in [-0.25, -0.2) is 0 Å². The van der Waals surface area contributed by atoms with Gasteiger partial charge in [-0.2, -0.15) is 0 Å². The molecule has 1 saturated carbocycles. The molecule has 2 heteroatoms. The average molecular weight is 211 g/mol. The Morgan fingerprint density at radius 2 is 1.87 bits per heavy atom. The minimum atomic E-state index is 0.502. The van der Waals surface area contributed by atoms with Crippen molar-refractivity contribution in [1.82, 2.24) is 5.32 Å². The van der Waals surface area contributed by atoms with Crippen molar-refractivity contribution in [2.45, 2.75) is 57.5 Å². The van der Waals surface area contributed by atoms with Crippen LogP contribution < -0.4 is 5.32 Å². The zero-order valence-electron chi connectivity index (χ0n) is 9.84. The van der Waals surface area contributed by atoms with Crippen molar-refractivity contribution in [1.29, 1.82) is 0 Å². The number of nitrogens with one attached hydrogen (secondary N) is 1. The Bertz CT molecular complexity index is 142. The number of hydrogen-bond acceptors (Lipinski definition) is 2. The molecule has 1 saturated heterocycles. The number of ether oxygens (including phenoxy) is 1. The zero-order valence-corrected chi connectivity index (χ0v) is 9.84. The molecule has 1 atom stereocenters. The van der Waals surface area contributed by atoms with Crippen molar-refractivity contribution in [3.05, 3.63) is 0 Å². The Morgan fingerprint density at radius 3 is 2.60 bits per heavy atom. The van der Waals surface area contributed by atoms with Crippen molar-refractivity contribution in [2.24, 2.45) is 5.92 Å². The van der Waals surface area contributed by atoms with E-state index in [0.717, 1.165) is 19.1 Å². The highest BCUT2D eigenvalue weighted by atomic mass is 16.5. The molecule has 0 radical (unpaired) electrons. The van der Waals surface area contributed by atoms with Crippen LogP contribution in [0.25, 0.3) is 0 Å². The van der Waals surface area contributed by atoms with Gasteiger partial charge in [0.25, 0.3) is 0 Å². The zero-order chi connectivity index (χ0) is 10.3. The van der Waals surface area contributed by atoms with Crippen molar-refractivity contribution in [3.63, 3.8) is 0 Å². The van der Waals surface area contributed by atoms with Gasteiger partial charge < -0.3 is 10.1 Å². The highest BCUT2D eigenvalue weighted by Gasteiger charge is 2.16. The molecular weight excluding hydrogens is 186 g/mol. The van der Waals surface area contributed by atoms with Crippen molar-refractivity contribution >= 4 is 0 Å². The fraction of sp³-hybridized carbons (Fsp3) is 1.00. The van der Waals surface area contributed by atoms with E-state index in [4.69, 9.17) is 4.74 Å². The highest BCUT2D eigenvalue weighted by molar-refractivity contribution is 4.70. The Balaban J connectivity index is 1.53. The quantitative estimate of drug-likeness (QED) is 0.772. The molecule has 1 aliphatic heterocycles. The summed E-state index contributed by atoms with van der Waals surface area (Å²) >= 11 is 0. The third-order valence-electron chi connectivity index (χ3n) is 3.86. The molecular formula is C13H25NO. The normalized spacial score (nSPS) is 29.2. The van der Waals surface area contributed by atoms with Crippen LogP contribution in [0.5, 0.6) is 0 Å². The van der Waals surface area contributed by atoms with E-state index in [1.807, 2.05) is 0 Å². The van der Waals surface area contributed by atoms with Crippen LogP contribution in [0, 0.1) is 5.92 Å². The fourth-order valence-electron chi connectivity index (χ4n) is 2.84. The van der Waals surface area contributed by atoms with Gasteiger partial charge in [0.1, 0.15) is 0 Å². The minimum Gasteiger partial charge on any atom is -0.377 e. The second-order valence-electron chi connectivity index (χ2n) is 5.13. The Labute approximate surface area is 93.8 Å². The maximum absolute atomic E-state index is 5.92. The molecule has 2 nitrogen and oxygen atoms in total. The maximum Gasteiger partial charge on any atom is 0.0699 e. The standard InChI is InChI=1S/C13H25NO/c1-2-5-12(6-3-1)8-10-15-13-7-4-9-14-11-13/h12-14H,1-11H2/t13-/m1/s1. The third-order valence-corrected chi connectivity index (χ3v) is 3.86. The van der Waals surface area contributed by atoms with Gasteiger partial charge in [0.2, 0.25) is 0 Å². The van der Waals surface area contributed by atoms with Crippen LogP contribution in [0.3, 0.4) is 0 Å². The summed E-state index contributed by atoms with van der Waals surface area (Å²) in [7, 11) is 0. The minimum absolute atomic E-state index is 0.502. The molecule has 88 valence electrons. The van der Waals surface area contributed by atoms with E-state index in [0.29, 0.717) is 6.10 Å². The number of hydrogen-bond donors (Lipinski definition) is 1. The topological polar surface area (TPSA) is 21.3 Å². The monoisotopic (exact) mass is 211 g/mol. The van der Waals surface area contributed by atoms with Gasteiger partial charge >= 0.3 is 0 Å². The van der Waals surface area contributed by atoms with E-state index in [9.17, 15) is 0 Å². The molecule has 2 aliphatic rings. The highest BCUT2D eigenvalue weighted by Crippen LogP contribution is 2.26. The lowest BCUT2D eigenvalue weighted by Crippen LogP contribution is -2.35.